The molecule has 2 amide bonds. The van der Waals surface area contributed by atoms with Crippen molar-refractivity contribution in [3.8, 4) is 0 Å². The molecule has 1 aliphatic rings. The van der Waals surface area contributed by atoms with E-state index in [1.54, 1.807) is 30.3 Å². The molecule has 2 aromatic carbocycles. The van der Waals surface area contributed by atoms with Crippen LogP contribution < -0.4 is 21.9 Å². The molecule has 0 fully saturated rings. The minimum Gasteiger partial charge on any atom is -0.325 e. The van der Waals surface area contributed by atoms with Crippen molar-refractivity contribution in [2.24, 2.45) is 0 Å². The largest absolute Gasteiger partial charge is 0.330 e. The molecule has 164 valence electrons. The summed E-state index contributed by atoms with van der Waals surface area (Å²) in [6, 6.07) is 9.87. The average molecular weight is 444 g/mol. The molecule has 4 rings (SSSR count). The van der Waals surface area contributed by atoms with Gasteiger partial charge >= 0.3 is 5.69 Å². The van der Waals surface area contributed by atoms with Crippen molar-refractivity contribution in [2.45, 2.75) is 18.9 Å². The normalized spacial score (nSPS) is 15.1. The number of rotatable bonds is 4. The number of halogens is 3. The lowest BCUT2D eigenvalue weighted by atomic mass is 9.92. The molecule has 0 saturated heterocycles. The van der Waals surface area contributed by atoms with Crippen molar-refractivity contribution in [1.29, 1.82) is 0 Å². The summed E-state index contributed by atoms with van der Waals surface area (Å²) in [5.74, 6) is -7.81. The van der Waals surface area contributed by atoms with Crippen LogP contribution in [0.25, 0.3) is 0 Å². The fourth-order valence-corrected chi connectivity index (χ4v) is 3.51. The number of amides is 2. The quantitative estimate of drug-likeness (QED) is 0.535. The molecule has 1 aromatic heterocycles. The topological polar surface area (TPSA) is 113 Å². The van der Waals surface area contributed by atoms with E-state index in [-0.39, 0.29) is 17.9 Å². The molecule has 1 aliphatic heterocycles. The maximum Gasteiger partial charge on any atom is 0.330 e. The Kier molecular flexibility index (Phi) is 5.39. The van der Waals surface area contributed by atoms with Gasteiger partial charge in [0.1, 0.15) is 5.82 Å². The molecular formula is C21H15F3N4O4. The van der Waals surface area contributed by atoms with E-state index >= 15 is 0 Å². The van der Waals surface area contributed by atoms with Gasteiger partial charge in [0.2, 0.25) is 11.8 Å². The zero-order valence-corrected chi connectivity index (χ0v) is 16.2. The molecule has 0 saturated carbocycles. The maximum atomic E-state index is 13.5. The predicted molar refractivity (Wildman–Crippen MR) is 108 cm³/mol. The minimum absolute atomic E-state index is 0.00178. The van der Waals surface area contributed by atoms with Gasteiger partial charge in [0, 0.05) is 24.2 Å². The van der Waals surface area contributed by atoms with E-state index in [1.165, 1.54) is 0 Å². The number of carbonyl (C=O) groups excluding carboxylic acids is 2. The third-order valence-corrected chi connectivity index (χ3v) is 4.98. The van der Waals surface area contributed by atoms with Gasteiger partial charge in [-0.15, -0.1) is 0 Å². The highest BCUT2D eigenvalue weighted by atomic mass is 19.2. The molecule has 0 bridgehead atoms. The standard InChI is InChI=1S/C21H15F3N4O4/c22-13-6-11(7-14(23)17(13)24)25-19(30)12-8-15(29)26-18-16(12)20(31)27-21(32)28(18)9-10-4-2-1-3-5-10/h1-7,12H,8-9H2,(H,25,30)(H,26,29)(H,27,31,32). The first kappa shape index (κ1) is 21.1. The van der Waals surface area contributed by atoms with Gasteiger partial charge in [0.15, 0.2) is 17.5 Å². The van der Waals surface area contributed by atoms with E-state index in [9.17, 15) is 32.3 Å². The molecule has 3 N–H and O–H groups in total. The SMILES string of the molecule is O=C1CC(C(=O)Nc2cc(F)c(F)c(F)c2)c2c(n(Cc3ccccc3)c(=O)[nH]c2=O)N1. The van der Waals surface area contributed by atoms with Crippen molar-refractivity contribution >= 4 is 23.3 Å². The number of hydrogen-bond donors (Lipinski definition) is 3. The van der Waals surface area contributed by atoms with Crippen LogP contribution in [0.4, 0.5) is 24.7 Å². The summed E-state index contributed by atoms with van der Waals surface area (Å²) in [6.45, 7) is 0.00178. The van der Waals surface area contributed by atoms with E-state index in [2.05, 4.69) is 15.6 Å². The van der Waals surface area contributed by atoms with Gasteiger partial charge in [-0.1, -0.05) is 30.3 Å². The number of anilines is 2. The molecule has 2 heterocycles. The van der Waals surface area contributed by atoms with E-state index in [1.807, 2.05) is 0 Å². The lowest BCUT2D eigenvalue weighted by molar-refractivity contribution is -0.123. The van der Waals surface area contributed by atoms with Crippen LogP contribution in [0.5, 0.6) is 0 Å². The molecule has 0 aliphatic carbocycles. The van der Waals surface area contributed by atoms with Gasteiger partial charge < -0.3 is 10.6 Å². The zero-order valence-electron chi connectivity index (χ0n) is 16.2. The average Bonchev–Trinajstić information content (AvgIpc) is 2.74. The number of nitrogens with one attached hydrogen (secondary N) is 3. The van der Waals surface area contributed by atoms with Crippen molar-refractivity contribution in [3.63, 3.8) is 0 Å². The van der Waals surface area contributed by atoms with Crippen LogP contribution in [0.1, 0.15) is 23.5 Å². The summed E-state index contributed by atoms with van der Waals surface area (Å²) in [4.78, 5) is 52.2. The van der Waals surface area contributed by atoms with Crippen LogP contribution >= 0.6 is 0 Å². The van der Waals surface area contributed by atoms with Gasteiger partial charge in [-0.3, -0.25) is 23.9 Å². The first-order valence-electron chi connectivity index (χ1n) is 9.40. The Bertz CT molecular complexity index is 1330. The summed E-state index contributed by atoms with van der Waals surface area (Å²) >= 11 is 0. The first-order valence-corrected chi connectivity index (χ1v) is 9.40. The Morgan fingerprint density at radius 1 is 1.06 bits per heavy atom. The molecule has 1 unspecified atom stereocenters. The number of hydrogen-bond acceptors (Lipinski definition) is 4. The van der Waals surface area contributed by atoms with Crippen molar-refractivity contribution < 1.29 is 22.8 Å². The van der Waals surface area contributed by atoms with Gasteiger partial charge in [-0.05, 0) is 5.56 Å². The summed E-state index contributed by atoms with van der Waals surface area (Å²) in [6.07, 6.45) is -0.447. The van der Waals surface area contributed by atoms with Crippen LogP contribution in [0.2, 0.25) is 0 Å². The van der Waals surface area contributed by atoms with Gasteiger partial charge in [0.25, 0.3) is 5.56 Å². The van der Waals surface area contributed by atoms with Crippen LogP contribution in [-0.2, 0) is 16.1 Å². The fourth-order valence-electron chi connectivity index (χ4n) is 3.51. The van der Waals surface area contributed by atoms with E-state index < -0.39 is 58.5 Å². The highest BCUT2D eigenvalue weighted by molar-refractivity contribution is 6.04. The van der Waals surface area contributed by atoms with Gasteiger partial charge in [-0.2, -0.15) is 0 Å². The number of benzene rings is 2. The highest BCUT2D eigenvalue weighted by Crippen LogP contribution is 2.30. The molecule has 0 spiro atoms. The molecular weight excluding hydrogens is 429 g/mol. The monoisotopic (exact) mass is 444 g/mol. The highest BCUT2D eigenvalue weighted by Gasteiger charge is 2.35. The number of aromatic amines is 1. The first-order chi connectivity index (χ1) is 15.2. The lowest BCUT2D eigenvalue weighted by Gasteiger charge is -2.26. The van der Waals surface area contributed by atoms with Crippen LogP contribution in [-0.4, -0.2) is 21.4 Å². The Morgan fingerprint density at radius 2 is 1.72 bits per heavy atom. The van der Waals surface area contributed by atoms with E-state index in [4.69, 9.17) is 0 Å². The van der Waals surface area contributed by atoms with Gasteiger partial charge in [-0.25, -0.2) is 18.0 Å². The Labute approximate surface area is 177 Å². The smallest absolute Gasteiger partial charge is 0.325 e. The summed E-state index contributed by atoms with van der Waals surface area (Å²) in [5, 5.41) is 4.65. The Balaban J connectivity index is 1.75. The Morgan fingerprint density at radius 3 is 2.38 bits per heavy atom. The van der Waals surface area contributed by atoms with Crippen LogP contribution in [0, 0.1) is 17.5 Å². The minimum atomic E-state index is -1.70. The third kappa shape index (κ3) is 3.92. The second-order valence-corrected chi connectivity index (χ2v) is 7.14. The predicted octanol–water partition coefficient (Wildman–Crippen LogP) is 2.07. The van der Waals surface area contributed by atoms with E-state index in [0.717, 1.165) is 4.57 Å². The number of fused-ring (bicyclic) bond motifs is 1. The summed E-state index contributed by atoms with van der Waals surface area (Å²) in [7, 11) is 0. The second kappa shape index (κ2) is 8.17. The van der Waals surface area contributed by atoms with Crippen molar-refractivity contribution in [1.82, 2.24) is 9.55 Å². The van der Waals surface area contributed by atoms with Crippen LogP contribution in [0.15, 0.2) is 52.1 Å². The zero-order chi connectivity index (χ0) is 23.0. The second-order valence-electron chi connectivity index (χ2n) is 7.14. The third-order valence-electron chi connectivity index (χ3n) is 4.98. The number of nitrogens with zero attached hydrogens (tertiary/aromatic N) is 1. The molecule has 11 heteroatoms. The van der Waals surface area contributed by atoms with E-state index in [0.29, 0.717) is 17.7 Å². The number of aromatic nitrogens is 2. The molecule has 32 heavy (non-hydrogen) atoms. The van der Waals surface area contributed by atoms with Crippen LogP contribution in [0.3, 0.4) is 0 Å². The molecule has 0 radical (unpaired) electrons. The lowest BCUT2D eigenvalue weighted by Crippen LogP contribution is -2.42. The number of carbonyl (C=O) groups is 2. The summed E-state index contributed by atoms with van der Waals surface area (Å²) < 4.78 is 41.2. The van der Waals surface area contributed by atoms with Crippen molar-refractivity contribution in [3.05, 3.63) is 91.9 Å². The molecule has 8 nitrogen and oxygen atoms in total. The molecule has 1 atom stereocenters. The van der Waals surface area contributed by atoms with Crippen molar-refractivity contribution in [2.75, 3.05) is 10.6 Å². The Hall–Kier alpha value is -4.15. The number of H-pyrrole nitrogens is 1. The van der Waals surface area contributed by atoms with Gasteiger partial charge in [0.05, 0.1) is 18.0 Å². The fraction of sp³-hybridized carbons (Fsp3) is 0.143. The molecule has 3 aromatic rings. The summed E-state index contributed by atoms with van der Waals surface area (Å²) in [5.41, 5.74) is -1.55. The maximum absolute atomic E-state index is 13.5.